The zero-order chi connectivity index (χ0) is 25.3. The number of benzene rings is 2. The number of nitrogens with one attached hydrogen (secondary N) is 1. The van der Waals surface area contributed by atoms with E-state index < -0.39 is 6.04 Å². The summed E-state index contributed by atoms with van der Waals surface area (Å²) in [7, 11) is 0. The second-order valence-corrected chi connectivity index (χ2v) is 10.2. The Kier molecular flexibility index (Phi) is 10.7. The second kappa shape index (κ2) is 13.0. The van der Waals surface area contributed by atoms with Crippen molar-refractivity contribution in [1.29, 1.82) is 0 Å². The molecule has 0 fully saturated rings. The van der Waals surface area contributed by atoms with Crippen LogP contribution in [-0.4, -0.2) is 35.9 Å². The molecule has 0 aliphatic heterocycles. The molecule has 1 N–H and O–H groups in total. The minimum atomic E-state index is -0.641. The van der Waals surface area contributed by atoms with Crippen LogP contribution in [0.25, 0.3) is 0 Å². The summed E-state index contributed by atoms with van der Waals surface area (Å²) in [5.41, 5.74) is 1.59. The van der Waals surface area contributed by atoms with E-state index in [1.54, 1.807) is 23.1 Å². The number of halogens is 2. The molecule has 7 heteroatoms. The number of ether oxygens (including phenoxy) is 1. The summed E-state index contributed by atoms with van der Waals surface area (Å²) in [6.07, 6.45) is 2.32. The van der Waals surface area contributed by atoms with E-state index in [-0.39, 0.29) is 30.4 Å². The van der Waals surface area contributed by atoms with Gasteiger partial charge in [0.1, 0.15) is 11.8 Å². The monoisotopic (exact) mass is 506 g/mol. The van der Waals surface area contributed by atoms with Gasteiger partial charge in [-0.3, -0.25) is 9.59 Å². The molecule has 2 aromatic carbocycles. The molecule has 2 rings (SSSR count). The van der Waals surface area contributed by atoms with Gasteiger partial charge >= 0.3 is 0 Å². The predicted molar refractivity (Wildman–Crippen MR) is 140 cm³/mol. The number of nitrogens with zero attached hydrogens (tertiary/aromatic N) is 1. The molecule has 2 amide bonds. The van der Waals surface area contributed by atoms with Crippen LogP contribution in [0.1, 0.15) is 65.0 Å². The SMILES string of the molecule is CCCCNC(=O)[C@H](CC)N(Cc1ccc(Cl)cc1Cl)C(=O)COc1ccccc1C(C)(C)C. The van der Waals surface area contributed by atoms with Gasteiger partial charge in [-0.25, -0.2) is 0 Å². The lowest BCUT2D eigenvalue weighted by molar-refractivity contribution is -0.143. The Balaban J connectivity index is 2.29. The van der Waals surface area contributed by atoms with E-state index >= 15 is 0 Å². The van der Waals surface area contributed by atoms with Gasteiger partial charge in [0.2, 0.25) is 5.91 Å². The fourth-order valence-electron chi connectivity index (χ4n) is 3.69. The second-order valence-electron chi connectivity index (χ2n) is 9.36. The van der Waals surface area contributed by atoms with Crippen LogP contribution in [0.3, 0.4) is 0 Å². The molecule has 0 radical (unpaired) electrons. The molecule has 0 heterocycles. The lowest BCUT2D eigenvalue weighted by Gasteiger charge is -2.31. The van der Waals surface area contributed by atoms with Crippen LogP contribution in [0.5, 0.6) is 5.75 Å². The number of rotatable bonds is 11. The minimum absolute atomic E-state index is 0.138. The molecular weight excluding hydrogens is 471 g/mol. The highest BCUT2D eigenvalue weighted by Gasteiger charge is 2.30. The first-order chi connectivity index (χ1) is 16.1. The third kappa shape index (κ3) is 7.92. The van der Waals surface area contributed by atoms with Crippen LogP contribution in [-0.2, 0) is 21.5 Å². The van der Waals surface area contributed by atoms with Crippen molar-refractivity contribution in [2.24, 2.45) is 0 Å². The van der Waals surface area contributed by atoms with Crippen molar-refractivity contribution in [1.82, 2.24) is 10.2 Å². The highest BCUT2D eigenvalue weighted by atomic mass is 35.5. The Labute approximate surface area is 213 Å². The van der Waals surface area contributed by atoms with Gasteiger partial charge < -0.3 is 15.0 Å². The van der Waals surface area contributed by atoms with Gasteiger partial charge in [-0.1, -0.05) is 88.5 Å². The van der Waals surface area contributed by atoms with E-state index in [1.807, 2.05) is 31.2 Å². The topological polar surface area (TPSA) is 58.6 Å². The number of para-hydroxylation sites is 1. The summed E-state index contributed by atoms with van der Waals surface area (Å²) in [5.74, 6) is 0.199. The maximum absolute atomic E-state index is 13.4. The van der Waals surface area contributed by atoms with Gasteiger partial charge in [-0.05, 0) is 47.6 Å². The average molecular weight is 508 g/mol. The fraction of sp³-hybridized carbons (Fsp3) is 0.481. The average Bonchev–Trinajstić information content (AvgIpc) is 2.78. The molecule has 2 aromatic rings. The van der Waals surface area contributed by atoms with E-state index in [2.05, 4.69) is 33.0 Å². The van der Waals surface area contributed by atoms with Crippen molar-refractivity contribution in [3.63, 3.8) is 0 Å². The molecule has 0 aliphatic carbocycles. The number of amides is 2. The molecule has 1 atom stereocenters. The van der Waals surface area contributed by atoms with Crippen LogP contribution < -0.4 is 10.1 Å². The quantitative estimate of drug-likeness (QED) is 0.359. The number of carbonyl (C=O) groups excluding carboxylic acids is 2. The third-order valence-electron chi connectivity index (χ3n) is 5.62. The molecule has 0 aliphatic rings. The predicted octanol–water partition coefficient (Wildman–Crippen LogP) is 6.39. The molecule has 0 spiro atoms. The minimum Gasteiger partial charge on any atom is -0.483 e. The van der Waals surface area contributed by atoms with Gasteiger partial charge in [-0.15, -0.1) is 0 Å². The summed E-state index contributed by atoms with van der Waals surface area (Å²) in [6, 6.07) is 12.2. The maximum atomic E-state index is 13.4. The Morgan fingerprint density at radius 3 is 2.41 bits per heavy atom. The van der Waals surface area contributed by atoms with Gasteiger partial charge in [0.15, 0.2) is 6.61 Å². The Bertz CT molecular complexity index is 973. The van der Waals surface area contributed by atoms with Crippen LogP contribution in [0.4, 0.5) is 0 Å². The number of hydrogen-bond donors (Lipinski definition) is 1. The summed E-state index contributed by atoms with van der Waals surface area (Å²) in [4.78, 5) is 28.0. The number of carbonyl (C=O) groups is 2. The number of hydrogen-bond acceptors (Lipinski definition) is 3. The first kappa shape index (κ1) is 28.0. The van der Waals surface area contributed by atoms with E-state index in [4.69, 9.17) is 27.9 Å². The van der Waals surface area contributed by atoms with Crippen molar-refractivity contribution in [2.45, 2.75) is 71.9 Å². The molecule has 0 unspecified atom stereocenters. The van der Waals surface area contributed by atoms with Crippen molar-refractivity contribution < 1.29 is 14.3 Å². The van der Waals surface area contributed by atoms with Crippen LogP contribution in [0.15, 0.2) is 42.5 Å². The molecule has 0 bridgehead atoms. The van der Waals surface area contributed by atoms with E-state index in [0.29, 0.717) is 34.3 Å². The highest BCUT2D eigenvalue weighted by Crippen LogP contribution is 2.31. The summed E-state index contributed by atoms with van der Waals surface area (Å²) < 4.78 is 5.99. The van der Waals surface area contributed by atoms with Crippen molar-refractivity contribution in [2.75, 3.05) is 13.2 Å². The molecule has 5 nitrogen and oxygen atoms in total. The Hall–Kier alpha value is -2.24. The van der Waals surface area contributed by atoms with Gasteiger partial charge in [0.25, 0.3) is 5.91 Å². The molecular formula is C27H36Cl2N2O3. The first-order valence-corrected chi connectivity index (χ1v) is 12.6. The zero-order valence-corrected chi connectivity index (χ0v) is 22.3. The number of unbranched alkanes of at least 4 members (excludes halogenated alkanes) is 1. The largest absolute Gasteiger partial charge is 0.483 e. The third-order valence-corrected chi connectivity index (χ3v) is 6.20. The highest BCUT2D eigenvalue weighted by molar-refractivity contribution is 6.35. The normalized spacial score (nSPS) is 12.2. The molecule has 34 heavy (non-hydrogen) atoms. The fourth-order valence-corrected chi connectivity index (χ4v) is 4.16. The van der Waals surface area contributed by atoms with Crippen LogP contribution in [0.2, 0.25) is 10.0 Å². The molecule has 0 saturated heterocycles. The first-order valence-electron chi connectivity index (χ1n) is 11.8. The van der Waals surface area contributed by atoms with Crippen molar-refractivity contribution in [3.05, 3.63) is 63.6 Å². The molecule has 186 valence electrons. The van der Waals surface area contributed by atoms with Gasteiger partial charge in [0.05, 0.1) is 0 Å². The van der Waals surface area contributed by atoms with E-state index in [9.17, 15) is 9.59 Å². The van der Waals surface area contributed by atoms with Gasteiger partial charge in [0, 0.05) is 23.1 Å². The zero-order valence-electron chi connectivity index (χ0n) is 20.8. The van der Waals surface area contributed by atoms with Crippen molar-refractivity contribution >= 4 is 35.0 Å². The molecule has 0 aromatic heterocycles. The van der Waals surface area contributed by atoms with E-state index in [1.165, 1.54) is 0 Å². The summed E-state index contributed by atoms with van der Waals surface area (Å²) >= 11 is 12.4. The molecule has 0 saturated carbocycles. The smallest absolute Gasteiger partial charge is 0.261 e. The Morgan fingerprint density at radius 2 is 1.79 bits per heavy atom. The summed E-state index contributed by atoms with van der Waals surface area (Å²) in [5, 5.41) is 3.92. The Morgan fingerprint density at radius 1 is 1.09 bits per heavy atom. The van der Waals surface area contributed by atoms with Crippen molar-refractivity contribution in [3.8, 4) is 5.75 Å². The lowest BCUT2D eigenvalue weighted by Crippen LogP contribution is -2.50. The van der Waals surface area contributed by atoms with Crippen LogP contribution >= 0.6 is 23.2 Å². The van der Waals surface area contributed by atoms with E-state index in [0.717, 1.165) is 18.4 Å². The summed E-state index contributed by atoms with van der Waals surface area (Å²) in [6.45, 7) is 10.8. The standard InChI is InChI=1S/C27H36Cl2N2O3/c1-6-8-15-30-26(33)23(7-2)31(17-19-13-14-20(28)16-22(19)29)25(32)18-34-24-12-10-9-11-21(24)27(3,4)5/h9-14,16,23H,6-8,15,17-18H2,1-5H3,(H,30,33)/t23-/m0/s1. The van der Waals surface area contributed by atoms with Crippen LogP contribution in [0, 0.1) is 0 Å². The van der Waals surface area contributed by atoms with Gasteiger partial charge in [-0.2, -0.15) is 0 Å². The lowest BCUT2D eigenvalue weighted by atomic mass is 9.86. The maximum Gasteiger partial charge on any atom is 0.261 e.